The van der Waals surface area contributed by atoms with E-state index in [-0.39, 0.29) is 11.7 Å². The molecule has 0 fully saturated rings. The van der Waals surface area contributed by atoms with Gasteiger partial charge in [0.15, 0.2) is 5.16 Å². The molecule has 0 radical (unpaired) electrons. The molecule has 1 heterocycles. The minimum atomic E-state index is -0.0838. The quantitative estimate of drug-likeness (QED) is 0.517. The van der Waals surface area contributed by atoms with Gasteiger partial charge in [-0.1, -0.05) is 41.6 Å². The summed E-state index contributed by atoms with van der Waals surface area (Å²) in [5.74, 6) is 0.197. The normalized spacial score (nSPS) is 10.7. The van der Waals surface area contributed by atoms with Gasteiger partial charge in [-0.05, 0) is 36.4 Å². The highest BCUT2D eigenvalue weighted by Gasteiger charge is 2.12. The fourth-order valence-corrected chi connectivity index (χ4v) is 3.28. The number of imidazole rings is 1. The molecule has 1 N–H and O–H groups in total. The second-order valence-corrected chi connectivity index (χ2v) is 6.51. The molecule has 0 aliphatic rings. The van der Waals surface area contributed by atoms with Gasteiger partial charge < -0.3 is 9.88 Å². The van der Waals surface area contributed by atoms with E-state index in [0.717, 1.165) is 21.9 Å². The molecule has 0 aliphatic heterocycles. The molecular weight excluding hydrogens is 342 g/mol. The zero-order valence-electron chi connectivity index (χ0n) is 12.9. The molecule has 0 unspecified atom stereocenters. The molecule has 0 atom stereocenters. The molecule has 0 saturated carbocycles. The fourth-order valence-electron chi connectivity index (χ4n) is 2.33. The van der Waals surface area contributed by atoms with Crippen LogP contribution in [0.1, 0.15) is 0 Å². The minimum Gasteiger partial charge on any atom is -0.325 e. The first-order valence-electron chi connectivity index (χ1n) is 7.42. The number of fused-ring (bicyclic) bond motifs is 1. The number of amides is 1. The Morgan fingerprint density at radius 1 is 1.25 bits per heavy atom. The summed E-state index contributed by atoms with van der Waals surface area (Å²) in [5.41, 5.74) is 2.68. The highest BCUT2D eigenvalue weighted by molar-refractivity contribution is 7.99. The van der Waals surface area contributed by atoms with Gasteiger partial charge in [0, 0.05) is 17.3 Å². The van der Waals surface area contributed by atoms with Crippen molar-refractivity contribution in [1.29, 1.82) is 0 Å². The van der Waals surface area contributed by atoms with Crippen LogP contribution in [0.3, 0.4) is 0 Å². The van der Waals surface area contributed by atoms with E-state index in [2.05, 4.69) is 21.4 Å². The summed E-state index contributed by atoms with van der Waals surface area (Å²) in [6, 6.07) is 15.0. The number of carbonyl (C=O) groups is 1. The van der Waals surface area contributed by atoms with Crippen molar-refractivity contribution in [3.63, 3.8) is 0 Å². The van der Waals surface area contributed by atoms with E-state index < -0.39 is 0 Å². The van der Waals surface area contributed by atoms with Crippen LogP contribution in [0.2, 0.25) is 5.02 Å². The standard InChI is InChI=1S/C18H16ClN3OS/c1-2-11-22-16-6-4-3-5-15(16)21-18(22)24-12-17(23)20-14-9-7-13(19)8-10-14/h2-10H,1,11-12H2,(H,20,23). The molecule has 1 amide bonds. The Kier molecular flexibility index (Phi) is 5.23. The summed E-state index contributed by atoms with van der Waals surface area (Å²) >= 11 is 7.25. The molecular formula is C18H16ClN3OS. The Balaban J connectivity index is 1.70. The van der Waals surface area contributed by atoms with Crippen molar-refractivity contribution in [2.75, 3.05) is 11.1 Å². The van der Waals surface area contributed by atoms with Crippen molar-refractivity contribution in [3.05, 3.63) is 66.2 Å². The largest absolute Gasteiger partial charge is 0.325 e. The van der Waals surface area contributed by atoms with E-state index >= 15 is 0 Å². The van der Waals surface area contributed by atoms with Crippen molar-refractivity contribution < 1.29 is 4.79 Å². The molecule has 6 heteroatoms. The lowest BCUT2D eigenvalue weighted by molar-refractivity contribution is -0.113. The maximum Gasteiger partial charge on any atom is 0.234 e. The van der Waals surface area contributed by atoms with Crippen LogP contribution in [-0.2, 0) is 11.3 Å². The van der Waals surface area contributed by atoms with Gasteiger partial charge in [-0.15, -0.1) is 6.58 Å². The lowest BCUT2D eigenvalue weighted by atomic mass is 10.3. The molecule has 2 aromatic carbocycles. The molecule has 3 rings (SSSR count). The first kappa shape index (κ1) is 16.6. The Hall–Kier alpha value is -2.24. The predicted octanol–water partition coefficient (Wildman–Crippen LogP) is 4.61. The highest BCUT2D eigenvalue weighted by Crippen LogP contribution is 2.24. The van der Waals surface area contributed by atoms with Crippen LogP contribution >= 0.6 is 23.4 Å². The predicted molar refractivity (Wildman–Crippen MR) is 101 cm³/mol. The second-order valence-electron chi connectivity index (χ2n) is 5.13. The van der Waals surface area contributed by atoms with Crippen LogP contribution < -0.4 is 5.32 Å². The van der Waals surface area contributed by atoms with Gasteiger partial charge in [0.1, 0.15) is 0 Å². The summed E-state index contributed by atoms with van der Waals surface area (Å²) in [6.45, 7) is 4.45. The van der Waals surface area contributed by atoms with Crippen molar-refractivity contribution in [3.8, 4) is 0 Å². The van der Waals surface area contributed by atoms with E-state index in [0.29, 0.717) is 11.6 Å². The third-order valence-corrected chi connectivity index (χ3v) is 4.62. The number of nitrogens with one attached hydrogen (secondary N) is 1. The average molecular weight is 358 g/mol. The Morgan fingerprint density at radius 3 is 2.75 bits per heavy atom. The van der Waals surface area contributed by atoms with Crippen LogP contribution in [-0.4, -0.2) is 21.2 Å². The SMILES string of the molecule is C=CCn1c(SCC(=O)Nc2ccc(Cl)cc2)nc2ccccc21. The maximum atomic E-state index is 12.1. The molecule has 3 aromatic rings. The summed E-state index contributed by atoms with van der Waals surface area (Å²) in [6.07, 6.45) is 1.83. The summed E-state index contributed by atoms with van der Waals surface area (Å²) in [5, 5.41) is 4.30. The van der Waals surface area contributed by atoms with Gasteiger partial charge in [0.2, 0.25) is 5.91 Å². The number of para-hydroxylation sites is 2. The third kappa shape index (κ3) is 3.80. The monoisotopic (exact) mass is 357 g/mol. The van der Waals surface area contributed by atoms with E-state index in [4.69, 9.17) is 11.6 Å². The van der Waals surface area contributed by atoms with E-state index in [1.807, 2.05) is 30.3 Å². The van der Waals surface area contributed by atoms with E-state index in [1.54, 1.807) is 24.3 Å². The number of allylic oxidation sites excluding steroid dienone is 1. The average Bonchev–Trinajstić information content (AvgIpc) is 2.93. The van der Waals surface area contributed by atoms with Gasteiger partial charge in [-0.25, -0.2) is 4.98 Å². The zero-order valence-corrected chi connectivity index (χ0v) is 14.5. The molecule has 122 valence electrons. The smallest absolute Gasteiger partial charge is 0.234 e. The first-order chi connectivity index (χ1) is 11.7. The van der Waals surface area contributed by atoms with Gasteiger partial charge in [0.05, 0.1) is 16.8 Å². The molecule has 24 heavy (non-hydrogen) atoms. The number of aromatic nitrogens is 2. The van der Waals surface area contributed by atoms with Crippen molar-refractivity contribution >= 4 is 46.0 Å². The molecule has 0 saturated heterocycles. The number of halogens is 1. The summed E-state index contributed by atoms with van der Waals surface area (Å²) in [7, 11) is 0. The number of rotatable bonds is 6. The highest BCUT2D eigenvalue weighted by atomic mass is 35.5. The topological polar surface area (TPSA) is 46.9 Å². The molecule has 1 aromatic heterocycles. The molecule has 4 nitrogen and oxygen atoms in total. The molecule has 0 bridgehead atoms. The molecule has 0 aliphatic carbocycles. The number of nitrogens with zero attached hydrogens (tertiary/aromatic N) is 2. The summed E-state index contributed by atoms with van der Waals surface area (Å²) in [4.78, 5) is 16.7. The maximum absolute atomic E-state index is 12.1. The van der Waals surface area contributed by atoms with Crippen molar-refractivity contribution in [1.82, 2.24) is 9.55 Å². The summed E-state index contributed by atoms with van der Waals surface area (Å²) < 4.78 is 2.06. The van der Waals surface area contributed by atoms with Crippen LogP contribution in [0.15, 0.2) is 66.3 Å². The van der Waals surface area contributed by atoms with Gasteiger partial charge in [-0.3, -0.25) is 4.79 Å². The lowest BCUT2D eigenvalue weighted by Gasteiger charge is -2.07. The van der Waals surface area contributed by atoms with Crippen LogP contribution in [0.4, 0.5) is 5.69 Å². The minimum absolute atomic E-state index is 0.0838. The van der Waals surface area contributed by atoms with Gasteiger partial charge in [0.25, 0.3) is 0 Å². The number of hydrogen-bond donors (Lipinski definition) is 1. The number of thioether (sulfide) groups is 1. The van der Waals surface area contributed by atoms with Gasteiger partial charge in [-0.2, -0.15) is 0 Å². The number of benzene rings is 2. The number of carbonyl (C=O) groups excluding carboxylic acids is 1. The Bertz CT molecular complexity index is 874. The number of anilines is 1. The number of hydrogen-bond acceptors (Lipinski definition) is 3. The third-order valence-electron chi connectivity index (χ3n) is 3.39. The van der Waals surface area contributed by atoms with Crippen molar-refractivity contribution in [2.24, 2.45) is 0 Å². The van der Waals surface area contributed by atoms with Crippen LogP contribution in [0.5, 0.6) is 0 Å². The van der Waals surface area contributed by atoms with E-state index in [9.17, 15) is 4.79 Å². The molecule has 0 spiro atoms. The van der Waals surface area contributed by atoms with Crippen LogP contribution in [0.25, 0.3) is 11.0 Å². The Morgan fingerprint density at radius 2 is 2.00 bits per heavy atom. The Labute approximate surface area is 149 Å². The lowest BCUT2D eigenvalue weighted by Crippen LogP contribution is -2.14. The van der Waals surface area contributed by atoms with E-state index in [1.165, 1.54) is 11.8 Å². The van der Waals surface area contributed by atoms with Gasteiger partial charge >= 0.3 is 0 Å². The second kappa shape index (κ2) is 7.55. The van der Waals surface area contributed by atoms with Crippen molar-refractivity contribution in [2.45, 2.75) is 11.7 Å². The fraction of sp³-hybridized carbons (Fsp3) is 0.111. The zero-order chi connectivity index (χ0) is 16.9. The van der Waals surface area contributed by atoms with Crippen LogP contribution in [0, 0.1) is 0 Å². The first-order valence-corrected chi connectivity index (χ1v) is 8.78.